The van der Waals surface area contributed by atoms with Crippen LogP contribution in [0.3, 0.4) is 0 Å². The summed E-state index contributed by atoms with van der Waals surface area (Å²) in [5, 5.41) is 6.73. The highest BCUT2D eigenvalue weighted by molar-refractivity contribution is 9.10. The zero-order valence-corrected chi connectivity index (χ0v) is 14.2. The zero-order valence-electron chi connectivity index (χ0n) is 11.0. The maximum atomic E-state index is 4.69. The summed E-state index contributed by atoms with van der Waals surface area (Å²) in [5.41, 5.74) is 1.15. The molecule has 0 amide bonds. The fraction of sp³-hybridized carbons (Fsp3) is 0.357. The molecule has 0 radical (unpaired) electrons. The molecule has 1 aromatic carbocycles. The average Bonchev–Trinajstić information content (AvgIpc) is 2.86. The summed E-state index contributed by atoms with van der Waals surface area (Å²) in [6.07, 6.45) is 0. The number of benzene rings is 1. The predicted molar refractivity (Wildman–Crippen MR) is 87.9 cm³/mol. The number of thiazole rings is 1. The molecular weight excluding hydrogens is 340 g/mol. The first kappa shape index (κ1) is 15.0. The highest BCUT2D eigenvalue weighted by atomic mass is 79.9. The Bertz CT molecular complexity index is 528. The van der Waals surface area contributed by atoms with Crippen LogP contribution >= 0.6 is 39.0 Å². The number of hydrogen-bond donors (Lipinski definition) is 1. The van der Waals surface area contributed by atoms with Crippen molar-refractivity contribution in [3.05, 3.63) is 44.8 Å². The first-order valence-corrected chi connectivity index (χ1v) is 8.91. The minimum atomic E-state index is 0.339. The Morgan fingerprint density at radius 2 is 2.32 bits per heavy atom. The van der Waals surface area contributed by atoms with Crippen LogP contribution in [-0.4, -0.2) is 11.5 Å². The largest absolute Gasteiger partial charge is 0.309 e. The number of aromatic nitrogens is 1. The van der Waals surface area contributed by atoms with E-state index in [2.05, 4.69) is 63.7 Å². The molecular formula is C14H17BrN2S2. The van der Waals surface area contributed by atoms with E-state index in [0.29, 0.717) is 6.04 Å². The molecule has 0 saturated heterocycles. The SMILES string of the molecule is CCNC(C)c1csc(CSc2cccc(Br)c2)n1. The second kappa shape index (κ2) is 7.43. The van der Waals surface area contributed by atoms with Crippen LogP contribution in [0.2, 0.25) is 0 Å². The molecule has 0 spiro atoms. The second-order valence-corrected chi connectivity index (χ2v) is 7.10. The molecule has 1 heterocycles. The molecule has 1 atom stereocenters. The molecule has 5 heteroatoms. The maximum Gasteiger partial charge on any atom is 0.103 e. The Morgan fingerprint density at radius 3 is 3.05 bits per heavy atom. The standard InChI is InChI=1S/C14H17BrN2S2/c1-3-16-10(2)13-8-19-14(17-13)9-18-12-6-4-5-11(15)7-12/h4-8,10,16H,3,9H2,1-2H3. The molecule has 19 heavy (non-hydrogen) atoms. The third-order valence-corrected chi connectivity index (χ3v) is 5.23. The lowest BCUT2D eigenvalue weighted by Gasteiger charge is -2.08. The zero-order chi connectivity index (χ0) is 13.7. The van der Waals surface area contributed by atoms with E-state index >= 15 is 0 Å². The van der Waals surface area contributed by atoms with Gasteiger partial charge in [-0.3, -0.25) is 0 Å². The van der Waals surface area contributed by atoms with Crippen molar-refractivity contribution in [1.29, 1.82) is 0 Å². The summed E-state index contributed by atoms with van der Waals surface area (Å²) >= 11 is 7.06. The number of halogens is 1. The van der Waals surface area contributed by atoms with Crippen LogP contribution in [0.25, 0.3) is 0 Å². The van der Waals surface area contributed by atoms with E-state index in [-0.39, 0.29) is 0 Å². The lowest BCUT2D eigenvalue weighted by molar-refractivity contribution is 0.585. The molecule has 0 aliphatic rings. The van der Waals surface area contributed by atoms with E-state index in [1.165, 1.54) is 9.90 Å². The van der Waals surface area contributed by atoms with E-state index in [1.54, 1.807) is 11.3 Å². The molecule has 0 saturated carbocycles. The van der Waals surface area contributed by atoms with Gasteiger partial charge < -0.3 is 5.32 Å². The Morgan fingerprint density at radius 1 is 1.47 bits per heavy atom. The summed E-state index contributed by atoms with van der Waals surface area (Å²) in [6, 6.07) is 8.72. The molecule has 1 unspecified atom stereocenters. The minimum absolute atomic E-state index is 0.339. The summed E-state index contributed by atoms with van der Waals surface area (Å²) in [4.78, 5) is 5.96. The Balaban J connectivity index is 1.93. The quantitative estimate of drug-likeness (QED) is 0.747. The van der Waals surface area contributed by atoms with Gasteiger partial charge in [-0.25, -0.2) is 4.98 Å². The first-order valence-electron chi connectivity index (χ1n) is 6.25. The van der Waals surface area contributed by atoms with Crippen LogP contribution in [0.5, 0.6) is 0 Å². The van der Waals surface area contributed by atoms with Gasteiger partial charge in [0, 0.05) is 20.8 Å². The van der Waals surface area contributed by atoms with Gasteiger partial charge in [-0.15, -0.1) is 23.1 Å². The minimum Gasteiger partial charge on any atom is -0.309 e. The van der Waals surface area contributed by atoms with E-state index in [0.717, 1.165) is 22.5 Å². The van der Waals surface area contributed by atoms with Crippen molar-refractivity contribution in [2.45, 2.75) is 30.5 Å². The third kappa shape index (κ3) is 4.60. The van der Waals surface area contributed by atoms with Crippen LogP contribution in [0, 0.1) is 0 Å². The summed E-state index contributed by atoms with van der Waals surface area (Å²) in [6.45, 7) is 5.25. The van der Waals surface area contributed by atoms with Crippen molar-refractivity contribution >= 4 is 39.0 Å². The van der Waals surface area contributed by atoms with Gasteiger partial charge in [0.25, 0.3) is 0 Å². The van der Waals surface area contributed by atoms with Gasteiger partial charge in [-0.05, 0) is 31.7 Å². The van der Waals surface area contributed by atoms with Crippen LogP contribution in [0.4, 0.5) is 0 Å². The Kier molecular flexibility index (Phi) is 5.88. The van der Waals surface area contributed by atoms with Crippen LogP contribution in [-0.2, 0) is 5.75 Å². The van der Waals surface area contributed by atoms with Gasteiger partial charge in [0.05, 0.1) is 11.4 Å². The van der Waals surface area contributed by atoms with E-state index in [9.17, 15) is 0 Å². The highest BCUT2D eigenvalue weighted by Crippen LogP contribution is 2.27. The van der Waals surface area contributed by atoms with Crippen molar-refractivity contribution in [1.82, 2.24) is 10.3 Å². The number of thioether (sulfide) groups is 1. The summed E-state index contributed by atoms with van der Waals surface area (Å²) in [7, 11) is 0. The smallest absolute Gasteiger partial charge is 0.103 e. The van der Waals surface area contributed by atoms with Crippen LogP contribution in [0.1, 0.15) is 30.6 Å². The highest BCUT2D eigenvalue weighted by Gasteiger charge is 2.09. The van der Waals surface area contributed by atoms with Gasteiger partial charge in [0.1, 0.15) is 5.01 Å². The summed E-state index contributed by atoms with van der Waals surface area (Å²) < 4.78 is 1.12. The molecule has 1 N–H and O–H groups in total. The third-order valence-electron chi connectivity index (χ3n) is 2.68. The lowest BCUT2D eigenvalue weighted by atomic mass is 10.2. The molecule has 0 aliphatic heterocycles. The fourth-order valence-corrected chi connectivity index (χ4v) is 4.11. The monoisotopic (exact) mass is 356 g/mol. The van der Waals surface area contributed by atoms with Gasteiger partial charge in [0.2, 0.25) is 0 Å². The number of nitrogens with zero attached hydrogens (tertiary/aromatic N) is 1. The molecule has 0 fully saturated rings. The maximum absolute atomic E-state index is 4.69. The van der Waals surface area contributed by atoms with Crippen LogP contribution in [0.15, 0.2) is 39.0 Å². The molecule has 1 aromatic heterocycles. The Hall–Kier alpha value is -0.360. The van der Waals surface area contributed by atoms with Crippen LogP contribution < -0.4 is 5.32 Å². The number of nitrogens with one attached hydrogen (secondary N) is 1. The second-order valence-electron chi connectivity index (χ2n) is 4.19. The van der Waals surface area contributed by atoms with Crippen molar-refractivity contribution in [2.24, 2.45) is 0 Å². The molecule has 102 valence electrons. The van der Waals surface area contributed by atoms with Gasteiger partial charge in [-0.1, -0.05) is 28.9 Å². The average molecular weight is 357 g/mol. The molecule has 2 aromatic rings. The van der Waals surface area contributed by atoms with Gasteiger partial charge in [-0.2, -0.15) is 0 Å². The predicted octanol–water partition coefficient (Wildman–Crippen LogP) is 4.87. The fourth-order valence-electron chi connectivity index (χ4n) is 1.70. The number of hydrogen-bond acceptors (Lipinski definition) is 4. The topological polar surface area (TPSA) is 24.9 Å². The van der Waals surface area contributed by atoms with Crippen molar-refractivity contribution in [3.8, 4) is 0 Å². The molecule has 2 rings (SSSR count). The van der Waals surface area contributed by atoms with E-state index in [1.807, 2.05) is 17.8 Å². The first-order chi connectivity index (χ1) is 9.19. The normalized spacial score (nSPS) is 12.6. The van der Waals surface area contributed by atoms with E-state index in [4.69, 9.17) is 0 Å². The Labute approximate surface area is 131 Å². The van der Waals surface area contributed by atoms with Gasteiger partial charge in [0.15, 0.2) is 0 Å². The molecule has 0 aliphatic carbocycles. The van der Waals surface area contributed by atoms with Gasteiger partial charge >= 0.3 is 0 Å². The van der Waals surface area contributed by atoms with Crippen molar-refractivity contribution < 1.29 is 0 Å². The van der Waals surface area contributed by atoms with E-state index < -0.39 is 0 Å². The lowest BCUT2D eigenvalue weighted by Crippen LogP contribution is -2.17. The molecule has 0 bridgehead atoms. The molecule has 2 nitrogen and oxygen atoms in total. The summed E-state index contributed by atoms with van der Waals surface area (Å²) in [5.74, 6) is 0.931. The van der Waals surface area contributed by atoms with Crippen molar-refractivity contribution in [3.63, 3.8) is 0 Å². The van der Waals surface area contributed by atoms with Crippen molar-refractivity contribution in [2.75, 3.05) is 6.54 Å². The number of rotatable bonds is 6.